The smallest absolute Gasteiger partial charge is 0.415 e. The van der Waals surface area contributed by atoms with E-state index in [1.807, 2.05) is 20.9 Å². The molecule has 6 aliphatic rings. The van der Waals surface area contributed by atoms with Gasteiger partial charge in [0, 0.05) is 66.7 Å². The number of carboxylic acid groups (broad SMARTS) is 2. The van der Waals surface area contributed by atoms with Gasteiger partial charge in [0.2, 0.25) is 5.91 Å². The summed E-state index contributed by atoms with van der Waals surface area (Å²) in [6.07, 6.45) is 11.9. The highest BCUT2D eigenvalue weighted by atomic mass is 32.2. The van der Waals surface area contributed by atoms with Gasteiger partial charge in [0.05, 0.1) is 22.4 Å². The third-order valence-corrected chi connectivity index (χ3v) is 22.9. The molecule has 2 unspecified atom stereocenters. The third-order valence-electron chi connectivity index (χ3n) is 20.7. The van der Waals surface area contributed by atoms with Crippen molar-refractivity contribution in [3.63, 3.8) is 0 Å². The highest BCUT2D eigenvalue weighted by Gasteiger charge is 2.63. The van der Waals surface area contributed by atoms with E-state index >= 15 is 0 Å². The van der Waals surface area contributed by atoms with Gasteiger partial charge < -0.3 is 45.6 Å². The van der Waals surface area contributed by atoms with Crippen molar-refractivity contribution < 1.29 is 53.9 Å². The lowest BCUT2D eigenvalue weighted by Gasteiger charge is -2.62. The number of hydrogen-bond donors (Lipinski definition) is 6. The Bertz CT molecular complexity index is 2810. The first-order valence-electron chi connectivity index (χ1n) is 30.4. The number of amides is 2. The molecule has 2 heterocycles. The average molecular weight is 1170 g/mol. The number of Topliss-reactive ketones (excluding diaryl/α,β-unsaturated/α-hetero) is 2. The topological polar surface area (TPSA) is 248 Å². The fourth-order valence-electron chi connectivity index (χ4n) is 15.7. The lowest BCUT2D eigenvalue weighted by Crippen LogP contribution is -2.58. The minimum Gasteiger partial charge on any atom is -0.480 e. The first-order valence-corrected chi connectivity index (χ1v) is 32.2. The van der Waals surface area contributed by atoms with Crippen LogP contribution >= 0.6 is 23.1 Å². The Kier molecular flexibility index (Phi) is 20.8. The number of thioether (sulfide) groups is 1. The van der Waals surface area contributed by atoms with Crippen LogP contribution in [-0.4, -0.2) is 152 Å². The van der Waals surface area contributed by atoms with Gasteiger partial charge >= 0.3 is 18.0 Å². The number of unbranched alkanes of at least 4 members (excludes halogenated alkanes) is 1. The zero-order chi connectivity index (χ0) is 59.4. The molecule has 4 saturated carbocycles. The van der Waals surface area contributed by atoms with Gasteiger partial charge in [0.1, 0.15) is 21.8 Å². The molecule has 8 rings (SSSR count). The maximum absolute atomic E-state index is 14.0. The number of allylic oxidation sites excluding steroid dienone is 4. The summed E-state index contributed by atoms with van der Waals surface area (Å²) in [5.41, 5.74) is 2.47. The number of aliphatic imine (C=N–C) groups is 1. The lowest BCUT2D eigenvalue weighted by atomic mass is 9.43. The van der Waals surface area contributed by atoms with Crippen molar-refractivity contribution in [3.05, 3.63) is 45.5 Å². The Morgan fingerprint density at radius 1 is 0.854 bits per heavy atom. The Hall–Kier alpha value is -4.53. The SMILES string of the molecule is CC1=C(C)C(=O)C(C(C)(C)CCN(C)CCN(CCCC(=O)NCCCCC(NCCC[C@@H](C)[C@H]2CC[C@H]3[C@@H]4[C@@H](O)C[C@@H]5C[C@H](O)CC[C@]5(C)[C@H]4CC[C@]23C)C(=O)O)C(=O)Oc2ccc3nc(C4=NC(C(=O)O)CS4)sc3c2)=C(C)C1=O. The van der Waals surface area contributed by atoms with E-state index in [1.54, 1.807) is 43.9 Å². The zero-order valence-corrected chi connectivity index (χ0v) is 51.7. The predicted octanol–water partition coefficient (Wildman–Crippen LogP) is 9.71. The Morgan fingerprint density at radius 3 is 2.32 bits per heavy atom. The standard InChI is InChI=1S/C63H92N6O11S2/c1-36(43-18-19-44-52-45(22-24-63(43,44)8)62(7)23-21-41(70)32-40(62)33-49(52)71)14-12-27-64-47(58(75)76)15-10-11-26-65-51(72)16-13-28-69(31-30-68(9)29-25-61(5,6)53-39(4)54(73)37(2)38(3)55(53)74)60(79)80-42-17-20-46-50(34-42)82-57(66-46)56-67-48(35-81-56)59(77)78/h17,20,34,36,40-41,43-45,47-49,52,64,70-71H,10-16,18-19,21-33,35H2,1-9H3,(H,65,72)(H,75,76)(H,77,78)/t36-,40+,41-,43-,44+,45+,47?,48?,49+,52+,62+,63-/m1/s1. The number of carboxylic acids is 2. The van der Waals surface area contributed by atoms with Crippen molar-refractivity contribution in [2.45, 2.75) is 182 Å². The quantitative estimate of drug-likeness (QED) is 0.0379. The van der Waals surface area contributed by atoms with Crippen LogP contribution in [-0.2, 0) is 24.0 Å². The first-order chi connectivity index (χ1) is 38.8. The van der Waals surface area contributed by atoms with Crippen LogP contribution in [0.5, 0.6) is 5.75 Å². The van der Waals surface area contributed by atoms with Crippen LogP contribution < -0.4 is 15.4 Å². The first kappa shape index (κ1) is 63.5. The molecule has 4 fully saturated rings. The number of nitrogens with one attached hydrogen (secondary N) is 2. The predicted molar refractivity (Wildman–Crippen MR) is 321 cm³/mol. The van der Waals surface area contributed by atoms with Crippen molar-refractivity contribution in [1.29, 1.82) is 0 Å². The van der Waals surface area contributed by atoms with E-state index in [-0.39, 0.29) is 60.0 Å². The van der Waals surface area contributed by atoms with Gasteiger partial charge in [-0.2, -0.15) is 0 Å². The molecule has 19 heteroatoms. The summed E-state index contributed by atoms with van der Waals surface area (Å²) < 4.78 is 6.69. The summed E-state index contributed by atoms with van der Waals surface area (Å²) in [7, 11) is 1.94. The molecule has 0 bridgehead atoms. The maximum Gasteiger partial charge on any atom is 0.415 e. The van der Waals surface area contributed by atoms with Crippen LogP contribution in [0, 0.1) is 51.8 Å². The molecule has 0 radical (unpaired) electrons. The van der Waals surface area contributed by atoms with Gasteiger partial charge in [0.25, 0.3) is 0 Å². The Balaban J connectivity index is 0.777. The minimum atomic E-state index is -0.983. The molecule has 5 aliphatic carbocycles. The number of aromatic nitrogens is 1. The summed E-state index contributed by atoms with van der Waals surface area (Å²) in [4.78, 5) is 90.0. The summed E-state index contributed by atoms with van der Waals surface area (Å²) in [5.74, 6) is 1.30. The zero-order valence-electron chi connectivity index (χ0n) is 50.0. The van der Waals surface area contributed by atoms with E-state index in [9.17, 15) is 49.2 Å². The second kappa shape index (κ2) is 26.8. The number of rotatable bonds is 26. The van der Waals surface area contributed by atoms with Crippen LogP contribution in [0.4, 0.5) is 4.79 Å². The molecule has 0 spiro atoms. The largest absolute Gasteiger partial charge is 0.480 e. The molecule has 0 saturated heterocycles. The highest BCUT2D eigenvalue weighted by Crippen LogP contribution is 2.68. The van der Waals surface area contributed by atoms with Gasteiger partial charge in [-0.15, -0.1) is 23.1 Å². The Labute approximate surface area is 493 Å². The van der Waals surface area contributed by atoms with E-state index in [0.29, 0.717) is 143 Å². The van der Waals surface area contributed by atoms with Crippen molar-refractivity contribution >= 4 is 73.9 Å². The molecule has 82 heavy (non-hydrogen) atoms. The van der Waals surface area contributed by atoms with E-state index in [4.69, 9.17) is 4.74 Å². The summed E-state index contributed by atoms with van der Waals surface area (Å²) in [6, 6.07) is 3.64. The Morgan fingerprint density at radius 2 is 1.59 bits per heavy atom. The number of aliphatic hydroxyl groups is 2. The number of aliphatic carboxylic acids is 2. The molecule has 2 aromatic rings. The molecule has 1 aliphatic heterocycles. The van der Waals surface area contributed by atoms with Gasteiger partial charge in [0.15, 0.2) is 17.6 Å². The maximum atomic E-state index is 14.0. The summed E-state index contributed by atoms with van der Waals surface area (Å²) in [5, 5.41) is 49.1. The van der Waals surface area contributed by atoms with Crippen LogP contribution in [0.3, 0.4) is 0 Å². The number of nitrogens with zero attached hydrogens (tertiary/aromatic N) is 4. The van der Waals surface area contributed by atoms with Gasteiger partial charge in [-0.3, -0.25) is 24.2 Å². The summed E-state index contributed by atoms with van der Waals surface area (Å²) >= 11 is 2.68. The molecule has 1 aromatic carbocycles. The highest BCUT2D eigenvalue weighted by molar-refractivity contribution is 8.15. The number of carbonyl (C=O) groups excluding carboxylic acids is 4. The molecular formula is C63H92N6O11S2. The lowest BCUT2D eigenvalue weighted by molar-refractivity contribution is -0.174. The van der Waals surface area contributed by atoms with Gasteiger partial charge in [-0.05, 0) is 201 Å². The second-order valence-electron chi connectivity index (χ2n) is 26.3. The van der Waals surface area contributed by atoms with Crippen LogP contribution in [0.25, 0.3) is 10.2 Å². The number of fused-ring (bicyclic) bond motifs is 6. The molecule has 6 N–H and O–H groups in total. The summed E-state index contributed by atoms with van der Waals surface area (Å²) in [6.45, 7) is 19.0. The number of hydrogen-bond acceptors (Lipinski definition) is 15. The number of carbonyl (C=O) groups is 6. The number of likely N-dealkylation sites (N-methyl/N-ethyl adjacent to an activating group) is 1. The van der Waals surface area contributed by atoms with Crippen LogP contribution in [0.15, 0.2) is 45.5 Å². The van der Waals surface area contributed by atoms with E-state index in [1.165, 1.54) is 42.4 Å². The number of aliphatic hydroxyl groups excluding tert-OH is 2. The normalized spacial score (nSPS) is 29.1. The van der Waals surface area contributed by atoms with E-state index < -0.39 is 35.5 Å². The fourth-order valence-corrected chi connectivity index (χ4v) is 17.7. The number of ketones is 2. The molecule has 17 nitrogen and oxygen atoms in total. The van der Waals surface area contributed by atoms with E-state index in [2.05, 4.69) is 46.3 Å². The second-order valence-corrected chi connectivity index (χ2v) is 28.4. The fraction of sp³-hybridized carbons (Fsp3) is 0.714. The van der Waals surface area contributed by atoms with Crippen LogP contribution in [0.1, 0.15) is 163 Å². The molecule has 12 atom stereocenters. The van der Waals surface area contributed by atoms with Crippen molar-refractivity contribution in [3.8, 4) is 5.75 Å². The average Bonchev–Trinajstić information content (AvgIpc) is 3.45. The monoisotopic (exact) mass is 1170 g/mol. The molecule has 1 aromatic heterocycles. The van der Waals surface area contributed by atoms with Crippen molar-refractivity contribution in [2.24, 2.45) is 56.7 Å². The number of ether oxygens (including phenoxy) is 1. The van der Waals surface area contributed by atoms with E-state index in [0.717, 1.165) is 49.6 Å². The molecule has 452 valence electrons. The van der Waals surface area contributed by atoms with Crippen molar-refractivity contribution in [1.82, 2.24) is 25.4 Å². The van der Waals surface area contributed by atoms with Crippen LogP contribution in [0.2, 0.25) is 0 Å². The number of benzene rings is 1. The molecular weight excluding hydrogens is 1080 g/mol. The minimum absolute atomic E-state index is 0.0978. The van der Waals surface area contributed by atoms with Gasteiger partial charge in [-0.1, -0.05) is 34.6 Å². The molecule has 2 amide bonds. The van der Waals surface area contributed by atoms with Gasteiger partial charge in [-0.25, -0.2) is 14.6 Å². The van der Waals surface area contributed by atoms with Crippen molar-refractivity contribution in [2.75, 3.05) is 52.1 Å². The number of thiazole rings is 1. The third kappa shape index (κ3) is 14.1.